The predicted molar refractivity (Wildman–Crippen MR) is 173 cm³/mol. The molecule has 250 valence electrons. The van der Waals surface area contributed by atoms with E-state index in [9.17, 15) is 29.3 Å². The van der Waals surface area contributed by atoms with Gasteiger partial charge < -0.3 is 36.5 Å². The molecule has 0 saturated heterocycles. The number of nitro benzene ring substituents is 1. The van der Waals surface area contributed by atoms with Crippen molar-refractivity contribution in [1.82, 2.24) is 25.3 Å². The zero-order chi connectivity index (χ0) is 34.8. The van der Waals surface area contributed by atoms with Crippen LogP contribution >= 0.6 is 0 Å². The van der Waals surface area contributed by atoms with Crippen LogP contribution in [0.15, 0.2) is 48.7 Å². The number of carbonyl (C=O) groups excluding carboxylic acids is 4. The van der Waals surface area contributed by atoms with Crippen molar-refractivity contribution in [1.29, 1.82) is 0 Å². The standard InChI is InChI=1S/C30H32N10O8/c1-47-28(43)21-13-20(40(45)46)10-11-22(21)33-12-4-3-5-23(29(44)48-2)36-27(42)17-6-8-19(9-7-17)39(16-41)15-18-14-34-26-24(35-18)25(31)37-30(32)38-26/h6-11,13-14,16,23,33H,3-5,12,15H2,1-2H3,(H,36,42)(H4,31,32,34,37,38)/t23-/m0/s1. The lowest BCUT2D eigenvalue weighted by atomic mass is 10.1. The number of unbranched alkanes of at least 4 members (excludes halogenated alkanes) is 1. The zero-order valence-corrected chi connectivity index (χ0v) is 25.9. The van der Waals surface area contributed by atoms with Crippen molar-refractivity contribution >= 4 is 64.2 Å². The molecule has 4 rings (SSSR count). The number of amides is 2. The van der Waals surface area contributed by atoms with E-state index in [2.05, 4.69) is 30.6 Å². The average Bonchev–Trinajstić information content (AvgIpc) is 3.09. The van der Waals surface area contributed by atoms with Gasteiger partial charge in [0, 0.05) is 35.6 Å². The van der Waals surface area contributed by atoms with Gasteiger partial charge in [0.1, 0.15) is 6.04 Å². The fraction of sp³-hybridized carbons (Fsp3) is 0.267. The summed E-state index contributed by atoms with van der Waals surface area (Å²) in [6.07, 6.45) is 3.28. The first-order chi connectivity index (χ1) is 23.0. The highest BCUT2D eigenvalue weighted by Gasteiger charge is 2.22. The summed E-state index contributed by atoms with van der Waals surface area (Å²) >= 11 is 0. The van der Waals surface area contributed by atoms with E-state index >= 15 is 0 Å². The minimum Gasteiger partial charge on any atom is -0.467 e. The van der Waals surface area contributed by atoms with Crippen molar-refractivity contribution in [2.24, 2.45) is 0 Å². The van der Waals surface area contributed by atoms with Gasteiger partial charge in [0.25, 0.3) is 11.6 Å². The maximum atomic E-state index is 13.0. The molecule has 0 spiro atoms. The number of benzene rings is 2. The first-order valence-electron chi connectivity index (χ1n) is 14.4. The molecule has 18 nitrogen and oxygen atoms in total. The van der Waals surface area contributed by atoms with Crippen molar-refractivity contribution < 1.29 is 33.6 Å². The smallest absolute Gasteiger partial charge is 0.340 e. The van der Waals surface area contributed by atoms with Crippen molar-refractivity contribution in [3.63, 3.8) is 0 Å². The number of nitro groups is 1. The molecule has 2 amide bonds. The number of nitrogens with two attached hydrogens (primary N) is 2. The lowest BCUT2D eigenvalue weighted by Crippen LogP contribution is -2.41. The molecule has 2 aromatic carbocycles. The normalized spacial score (nSPS) is 11.3. The number of hydrogen-bond acceptors (Lipinski definition) is 15. The van der Waals surface area contributed by atoms with E-state index in [1.807, 2.05) is 0 Å². The Labute approximate surface area is 273 Å². The number of nitrogen functional groups attached to an aromatic ring is 2. The summed E-state index contributed by atoms with van der Waals surface area (Å²) in [6.45, 7) is 0.397. The number of methoxy groups -OCH3 is 2. The van der Waals surface area contributed by atoms with Crippen LogP contribution in [0.1, 0.15) is 45.7 Å². The number of carbonyl (C=O) groups is 4. The van der Waals surface area contributed by atoms with E-state index in [0.717, 1.165) is 6.07 Å². The molecule has 2 aromatic heterocycles. The number of nitrogens with zero attached hydrogens (tertiary/aromatic N) is 6. The van der Waals surface area contributed by atoms with E-state index in [0.29, 0.717) is 42.9 Å². The molecular formula is C30H32N10O8. The Morgan fingerprint density at radius 2 is 1.79 bits per heavy atom. The summed E-state index contributed by atoms with van der Waals surface area (Å²) in [5, 5.41) is 16.8. The molecule has 48 heavy (non-hydrogen) atoms. The number of hydrogen-bond donors (Lipinski definition) is 4. The number of esters is 2. The number of rotatable bonds is 15. The molecule has 0 bridgehead atoms. The Morgan fingerprint density at radius 3 is 2.46 bits per heavy atom. The largest absolute Gasteiger partial charge is 0.467 e. The quantitative estimate of drug-likeness (QED) is 0.0467. The van der Waals surface area contributed by atoms with Crippen molar-refractivity contribution in [3.8, 4) is 0 Å². The monoisotopic (exact) mass is 660 g/mol. The number of ether oxygens (including phenoxy) is 2. The van der Waals surface area contributed by atoms with Crippen molar-refractivity contribution in [2.75, 3.05) is 42.4 Å². The van der Waals surface area contributed by atoms with Gasteiger partial charge in [-0.3, -0.25) is 19.7 Å². The molecule has 0 saturated carbocycles. The lowest BCUT2D eigenvalue weighted by molar-refractivity contribution is -0.384. The molecule has 2 heterocycles. The van der Waals surface area contributed by atoms with Crippen LogP contribution in [0.2, 0.25) is 0 Å². The van der Waals surface area contributed by atoms with Crippen molar-refractivity contribution in [2.45, 2.75) is 31.8 Å². The third kappa shape index (κ3) is 8.42. The van der Waals surface area contributed by atoms with Gasteiger partial charge in [-0.15, -0.1) is 0 Å². The molecule has 4 aromatic rings. The second-order valence-corrected chi connectivity index (χ2v) is 10.2. The predicted octanol–water partition coefficient (Wildman–Crippen LogP) is 2.00. The Balaban J connectivity index is 1.34. The highest BCUT2D eigenvalue weighted by atomic mass is 16.6. The molecular weight excluding hydrogens is 628 g/mol. The van der Waals surface area contributed by atoms with Crippen LogP contribution in [0.25, 0.3) is 11.2 Å². The third-order valence-electron chi connectivity index (χ3n) is 7.07. The van der Waals surface area contributed by atoms with Gasteiger partial charge in [-0.05, 0) is 49.6 Å². The number of anilines is 4. The second kappa shape index (κ2) is 15.7. The SMILES string of the molecule is COC(=O)c1cc([N+](=O)[O-])ccc1NCCCC[C@H](NC(=O)c1ccc(N(C=O)Cc2cnc3nc(N)nc(N)c3n2)cc1)C(=O)OC. The number of aromatic nitrogens is 4. The molecule has 0 unspecified atom stereocenters. The van der Waals surface area contributed by atoms with Gasteiger partial charge in [0.05, 0.1) is 43.1 Å². The van der Waals surface area contributed by atoms with Gasteiger partial charge >= 0.3 is 11.9 Å². The van der Waals surface area contributed by atoms with Crippen LogP contribution in [-0.4, -0.2) is 75.9 Å². The van der Waals surface area contributed by atoms with Crippen LogP contribution in [0.5, 0.6) is 0 Å². The Hall–Kier alpha value is -6.46. The fourth-order valence-electron chi connectivity index (χ4n) is 4.64. The molecule has 0 aliphatic rings. The highest BCUT2D eigenvalue weighted by molar-refractivity contribution is 5.97. The summed E-state index contributed by atoms with van der Waals surface area (Å²) in [5.41, 5.74) is 13.2. The van der Waals surface area contributed by atoms with E-state index in [4.69, 9.17) is 20.9 Å². The first-order valence-corrected chi connectivity index (χ1v) is 14.4. The summed E-state index contributed by atoms with van der Waals surface area (Å²) in [4.78, 5) is 77.7. The van der Waals surface area contributed by atoms with E-state index in [1.54, 1.807) is 12.1 Å². The second-order valence-electron chi connectivity index (χ2n) is 10.2. The van der Waals surface area contributed by atoms with Gasteiger partial charge in [0.2, 0.25) is 12.4 Å². The fourth-order valence-corrected chi connectivity index (χ4v) is 4.64. The molecule has 0 fully saturated rings. The van der Waals surface area contributed by atoms with Gasteiger partial charge in [-0.1, -0.05) is 0 Å². The van der Waals surface area contributed by atoms with Gasteiger partial charge in [0.15, 0.2) is 17.0 Å². The Morgan fingerprint density at radius 1 is 1.04 bits per heavy atom. The molecule has 6 N–H and O–H groups in total. The summed E-state index contributed by atoms with van der Waals surface area (Å²) in [5.74, 6) is -1.87. The highest BCUT2D eigenvalue weighted by Crippen LogP contribution is 2.23. The minimum absolute atomic E-state index is 0.0160. The average molecular weight is 661 g/mol. The third-order valence-corrected chi connectivity index (χ3v) is 7.07. The van der Waals surface area contributed by atoms with E-state index in [1.165, 1.54) is 49.6 Å². The molecule has 18 heteroatoms. The summed E-state index contributed by atoms with van der Waals surface area (Å²) < 4.78 is 9.59. The van der Waals surface area contributed by atoms with Crippen LogP contribution in [0.3, 0.4) is 0 Å². The first kappa shape index (κ1) is 34.4. The van der Waals surface area contributed by atoms with Crippen LogP contribution in [0.4, 0.5) is 28.8 Å². The van der Waals surface area contributed by atoms with Crippen LogP contribution in [0, 0.1) is 10.1 Å². The summed E-state index contributed by atoms with van der Waals surface area (Å²) in [6, 6.07) is 9.00. The lowest BCUT2D eigenvalue weighted by Gasteiger charge is -2.19. The van der Waals surface area contributed by atoms with Gasteiger partial charge in [-0.25, -0.2) is 19.6 Å². The van der Waals surface area contributed by atoms with Crippen molar-refractivity contribution in [3.05, 3.63) is 75.6 Å². The Bertz CT molecular complexity index is 1840. The maximum absolute atomic E-state index is 13.0. The van der Waals surface area contributed by atoms with E-state index < -0.39 is 28.8 Å². The van der Waals surface area contributed by atoms with Crippen LogP contribution < -0.4 is 27.0 Å². The minimum atomic E-state index is -0.947. The molecule has 0 aliphatic carbocycles. The zero-order valence-electron chi connectivity index (χ0n) is 25.9. The van der Waals surface area contributed by atoms with Crippen LogP contribution in [-0.2, 0) is 25.6 Å². The number of nitrogens with one attached hydrogen (secondary N) is 2. The molecule has 0 radical (unpaired) electrons. The Kier molecular flexibility index (Phi) is 11.3. The van der Waals surface area contributed by atoms with Gasteiger partial charge in [-0.2, -0.15) is 9.97 Å². The topological polar surface area (TPSA) is 261 Å². The van der Waals surface area contributed by atoms with E-state index in [-0.39, 0.29) is 52.7 Å². The summed E-state index contributed by atoms with van der Waals surface area (Å²) in [7, 11) is 2.39. The molecule has 1 atom stereocenters. The number of fused-ring (bicyclic) bond motifs is 1. The number of non-ortho nitro benzene ring substituents is 1. The maximum Gasteiger partial charge on any atom is 0.340 e. The molecule has 0 aliphatic heterocycles.